The number of rotatable bonds is 20. The van der Waals surface area contributed by atoms with Gasteiger partial charge in [-0.05, 0) is 304 Å². The van der Waals surface area contributed by atoms with Crippen molar-refractivity contribution in [3.63, 3.8) is 0 Å². The molecule has 122 heavy (non-hydrogen) atoms. The molecule has 1 saturated heterocycles. The molecule has 5 aliphatic carbocycles. The second-order valence-corrected chi connectivity index (χ2v) is 39.0. The van der Waals surface area contributed by atoms with Crippen molar-refractivity contribution < 1.29 is 84.7 Å². The van der Waals surface area contributed by atoms with Crippen LogP contribution in [0.15, 0.2) is 126 Å². The van der Waals surface area contributed by atoms with Gasteiger partial charge in [0.05, 0.1) is 100 Å². The average molecular weight is 1880 g/mol. The van der Waals surface area contributed by atoms with Gasteiger partial charge in [-0.2, -0.15) is 4.40 Å². The summed E-state index contributed by atoms with van der Waals surface area (Å²) in [6.07, 6.45) is 28.7. The molecule has 1 heterocycles. The zero-order chi connectivity index (χ0) is 90.8. The number of ether oxygens (including phenoxy) is 8. The molecule has 9 N–H and O–H groups in total. The van der Waals surface area contributed by atoms with E-state index in [2.05, 4.69) is 63.2 Å². The zero-order valence-corrected chi connectivity index (χ0v) is 82.4. The number of nitrogens with two attached hydrogens (primary N) is 3. The van der Waals surface area contributed by atoms with Gasteiger partial charge in [0.15, 0.2) is 11.6 Å². The highest BCUT2D eigenvalue weighted by Crippen LogP contribution is 2.31. The first-order valence-electron chi connectivity index (χ1n) is 42.4. The molecular weight excluding hydrogens is 1720 g/mol. The molecule has 0 bridgehead atoms. The lowest BCUT2D eigenvalue weighted by molar-refractivity contribution is -0.148. The van der Waals surface area contributed by atoms with Crippen LogP contribution in [0.5, 0.6) is 28.7 Å². The Morgan fingerprint density at radius 3 is 1.16 bits per heavy atom. The third-order valence-corrected chi connectivity index (χ3v) is 23.8. The molecule has 5 atom stereocenters. The van der Waals surface area contributed by atoms with E-state index in [1.54, 1.807) is 26.0 Å². The first-order chi connectivity index (χ1) is 56.7. The van der Waals surface area contributed by atoms with Crippen LogP contribution in [0.3, 0.4) is 0 Å². The second-order valence-electron chi connectivity index (χ2n) is 32.0. The summed E-state index contributed by atoms with van der Waals surface area (Å²) in [6.45, 7) is 34.3. The van der Waals surface area contributed by atoms with Crippen LogP contribution in [0.2, 0.25) is 0 Å². The number of aliphatic hydroxyl groups is 1. The number of carbonyl (C=O) groups excluding carboxylic acids is 5. The van der Waals surface area contributed by atoms with Crippen molar-refractivity contribution >= 4 is 109 Å². The van der Waals surface area contributed by atoms with Gasteiger partial charge in [0, 0.05) is 53.9 Å². The Bertz CT molecular complexity index is 3740. The predicted molar refractivity (Wildman–Crippen MR) is 509 cm³/mol. The molecule has 6 fully saturated rings. The molecule has 0 spiro atoms. The summed E-state index contributed by atoms with van der Waals surface area (Å²) >= 11 is 3.54. The largest absolute Gasteiger partial charge is 0.508 e. The maximum Gasteiger partial charge on any atom is 0.404 e. The number of nitrogens with one attached hydrogen (secondary N) is 1. The number of aliphatic hydroxyl groups excluding tert-OH is 1. The van der Waals surface area contributed by atoms with Gasteiger partial charge in [-0.25, -0.2) is 22.1 Å². The van der Waals surface area contributed by atoms with Crippen molar-refractivity contribution in [3.05, 3.63) is 149 Å². The number of hydrogen-bond acceptors (Lipinski definition) is 19. The van der Waals surface area contributed by atoms with E-state index in [0.717, 1.165) is 115 Å². The number of alkyl halides is 1. The highest BCUT2D eigenvalue weighted by molar-refractivity contribution is 9.09. The number of phenols is 1. The van der Waals surface area contributed by atoms with E-state index < -0.39 is 45.0 Å². The first-order valence-corrected chi connectivity index (χ1v) is 46.8. The maximum absolute atomic E-state index is 12.2. The fraction of sp³-hybridized carbons (Fsp3) is 0.613. The van der Waals surface area contributed by atoms with Crippen LogP contribution in [0.25, 0.3) is 0 Å². The number of carbonyl (C=O) groups is 5. The number of aromatic hydroxyl groups is 1. The summed E-state index contributed by atoms with van der Waals surface area (Å²) in [4.78, 5) is 53.2. The van der Waals surface area contributed by atoms with Crippen molar-refractivity contribution in [2.75, 3.05) is 41.2 Å². The summed E-state index contributed by atoms with van der Waals surface area (Å²) in [5, 5.41) is 21.0. The minimum atomic E-state index is -1.23. The lowest BCUT2D eigenvalue weighted by atomic mass is 10.1. The van der Waals surface area contributed by atoms with Crippen LogP contribution in [-0.2, 0) is 61.5 Å². The number of esters is 2. The van der Waals surface area contributed by atoms with Gasteiger partial charge in [-0.3, -0.25) is 24.3 Å². The zero-order valence-electron chi connectivity index (χ0n) is 76.7. The standard InChI is InChI=1S/C17H27NO2S.C17H25NO2S.C13H19NO.C13H16O2.C8H8O2.C7H12O4.C5H9Br.C4H11NOS.C4H8O.C2H5NO2.C2H6.CH4O.2ClH/c2*1-13(18-21(19)17(2,3)4)14-8-7-11-16(12-14)20-15-9-5-6-10-15;2*1-10(14)11-5-4-8-13(9-11)15-12-6-2-3-7-12;1-6(9)7-3-2-4-8(10)5-7;1-3-11-7(9)5-4-6(8)10-2;6-5-3-1-2-4-5;1-4(2,3)7(5)6;1-2-4-5-3-1;1-5-2(3)4;2*1-2;;/h7-8,11-13,15,18H,5-6,9-10H2,1-4H3;7-8,11-12,15H,5-6,9-10H2,1-4H3;4-5,8-10,12H,2-3,6-7,14H2,1H3;4-5,8-9,12H,2-3,6-7H2,1H3;2-5,10H,1H3;3-5H2,1-2H3;5H,1-4H2;5H2,1-3H3;1-4H2;1H3,(H2,3,4);1-2H3;2H,1H3;2*1H/t13-,21-;;10-;;;;;7-;;;;;;/m1.1....1....../s1. The lowest BCUT2D eigenvalue weighted by Crippen LogP contribution is -2.34. The van der Waals surface area contributed by atoms with Crippen molar-refractivity contribution in [2.45, 2.75) is 327 Å². The molecule has 1 unspecified atom stereocenters. The number of halogens is 3. The van der Waals surface area contributed by atoms with Crippen LogP contribution in [0, 0.1) is 0 Å². The molecule has 0 radical (unpaired) electrons. The Labute approximate surface area is 760 Å². The number of phenolic OH excluding ortho intramolecular Hbond substituents is 1. The molecule has 29 heteroatoms. The SMILES string of the molecule is BrC1CCCC1.C1CCOC1.CC.CC(=NS(=O)C(C)(C)C)c1cccc(OC2CCCC2)c1.CC(=O)c1cccc(O)c1.CC(=O)c1cccc(OC2CCCC2)c1.CC(C)(C)[S@](N)=O.CCOC(=O)CCC(=O)OC.CO.COC(N)=O.C[C@@H](N)c1cccc(OC2CCCC2)c1.C[C@@H](N[S@](=O)C(C)(C)C)c1cccc(OC2CCCC2)c1.Cl.Cl. The number of nitrogens with zero attached hydrogens (tertiary/aromatic N) is 1. The number of benzene rings is 5. The quantitative estimate of drug-likeness (QED) is 0.0139. The van der Waals surface area contributed by atoms with E-state index in [-0.39, 0.29) is 87.3 Å². The molecule has 696 valence electrons. The highest BCUT2D eigenvalue weighted by atomic mass is 79.9. The van der Waals surface area contributed by atoms with E-state index >= 15 is 0 Å². The van der Waals surface area contributed by atoms with Crippen molar-refractivity contribution in [1.29, 1.82) is 0 Å². The third-order valence-electron chi connectivity index (χ3n) is 18.5. The smallest absolute Gasteiger partial charge is 0.404 e. The summed E-state index contributed by atoms with van der Waals surface area (Å²) in [6, 6.07) is 38.1. The predicted octanol–water partition coefficient (Wildman–Crippen LogP) is 21.5. The number of hydrogen-bond donors (Lipinski definition) is 6. The number of Topliss-reactive ketones (excluding diaryl/α,β-unsaturated/α-hetero) is 2. The average Bonchev–Trinajstić information content (AvgIpc) is 1.37. The van der Waals surface area contributed by atoms with Gasteiger partial charge in [-0.1, -0.05) is 103 Å². The summed E-state index contributed by atoms with van der Waals surface area (Å²) in [5.41, 5.74) is 15.6. The number of ketones is 2. The van der Waals surface area contributed by atoms with Crippen LogP contribution >= 0.6 is 40.7 Å². The van der Waals surface area contributed by atoms with Crippen LogP contribution < -0.4 is 40.3 Å². The van der Waals surface area contributed by atoms with Gasteiger partial charge in [0.2, 0.25) is 0 Å². The van der Waals surface area contributed by atoms with Crippen molar-refractivity contribution in [2.24, 2.45) is 21.0 Å². The van der Waals surface area contributed by atoms with Gasteiger partial charge in [0.1, 0.15) is 39.7 Å². The van der Waals surface area contributed by atoms with Gasteiger partial charge in [-0.15, -0.1) is 24.8 Å². The van der Waals surface area contributed by atoms with E-state index in [1.807, 2.05) is 176 Å². The number of amides is 1. The summed E-state index contributed by atoms with van der Waals surface area (Å²) < 4.78 is 82.8. The molecular formula is C93H152BrCl2N5O18S3. The molecule has 5 aromatic rings. The normalized spacial score (nSPS) is 16.1. The molecule has 23 nitrogen and oxygen atoms in total. The van der Waals surface area contributed by atoms with Crippen LogP contribution in [0.4, 0.5) is 4.79 Å². The van der Waals surface area contributed by atoms with E-state index in [4.69, 9.17) is 44.8 Å². The Kier molecular flexibility index (Phi) is 67.6. The number of methoxy groups -OCH3 is 2. The Balaban J connectivity index is -0.00000132. The molecule has 1 aliphatic heterocycles. The van der Waals surface area contributed by atoms with Crippen molar-refractivity contribution in [3.8, 4) is 28.7 Å². The first kappa shape index (κ1) is 120. The highest BCUT2D eigenvalue weighted by Gasteiger charge is 2.25. The molecule has 1 amide bonds. The molecule has 0 aromatic heterocycles. The summed E-state index contributed by atoms with van der Waals surface area (Å²) in [5.74, 6) is 3.04. The van der Waals surface area contributed by atoms with Crippen LogP contribution in [-0.4, -0.2) is 143 Å². The third kappa shape index (κ3) is 58.0. The van der Waals surface area contributed by atoms with E-state index in [1.165, 1.54) is 136 Å². The summed E-state index contributed by atoms with van der Waals surface area (Å²) in [7, 11) is 0.0263. The van der Waals surface area contributed by atoms with Crippen LogP contribution in [0.1, 0.15) is 321 Å². The topological polar surface area (TPSA) is 353 Å². The van der Waals surface area contributed by atoms with Gasteiger partial charge < -0.3 is 59.6 Å². The Morgan fingerprint density at radius 1 is 0.516 bits per heavy atom. The fourth-order valence-electron chi connectivity index (χ4n) is 11.5. The monoisotopic (exact) mass is 1870 g/mol. The minimum Gasteiger partial charge on any atom is -0.508 e. The second kappa shape index (κ2) is 68.8. The molecule has 5 saturated carbocycles. The molecule has 5 aromatic carbocycles. The fourth-order valence-corrected chi connectivity index (χ4v) is 13.6. The minimum absolute atomic E-state index is 0. The van der Waals surface area contributed by atoms with Gasteiger partial charge >= 0.3 is 18.0 Å². The number of primary amides is 1. The molecule has 11 rings (SSSR count). The maximum atomic E-state index is 12.2. The Morgan fingerprint density at radius 2 is 0.852 bits per heavy atom. The van der Waals surface area contributed by atoms with E-state index in [0.29, 0.717) is 36.6 Å². The van der Waals surface area contributed by atoms with E-state index in [9.17, 15) is 36.6 Å². The Hall–Kier alpha value is -6.37. The molecule has 6 aliphatic rings. The lowest BCUT2D eigenvalue weighted by Gasteiger charge is -2.22. The van der Waals surface area contributed by atoms with Crippen molar-refractivity contribution in [1.82, 2.24) is 4.72 Å². The van der Waals surface area contributed by atoms with Gasteiger partial charge in [0.25, 0.3) is 0 Å².